The van der Waals surface area contributed by atoms with Gasteiger partial charge >= 0.3 is 0 Å². The second-order valence-corrected chi connectivity index (χ2v) is 7.68. The molecule has 1 fully saturated rings. The third-order valence-corrected chi connectivity index (χ3v) is 5.46. The molecule has 0 N–H and O–H groups in total. The molecule has 3 rings (SSSR count). The van der Waals surface area contributed by atoms with Crippen molar-refractivity contribution in [3.05, 3.63) is 65.2 Å². The van der Waals surface area contributed by atoms with Gasteiger partial charge in [-0.1, -0.05) is 56.4 Å². The second kappa shape index (κ2) is 10.2. The molecule has 0 atom stereocenters. The molecule has 0 bridgehead atoms. The molecule has 1 heteroatoms. The van der Waals surface area contributed by atoms with Gasteiger partial charge in [-0.2, -0.15) is 0 Å². The van der Waals surface area contributed by atoms with Crippen LogP contribution >= 0.6 is 0 Å². The highest BCUT2D eigenvalue weighted by atomic mass is 16.5. The van der Waals surface area contributed by atoms with E-state index < -0.39 is 0 Å². The first-order chi connectivity index (χ1) is 13.3. The van der Waals surface area contributed by atoms with Crippen LogP contribution in [-0.4, -0.2) is 6.61 Å². The molecule has 2 aromatic rings. The molecule has 0 aliphatic heterocycles. The van der Waals surface area contributed by atoms with E-state index in [9.17, 15) is 0 Å². The maximum Gasteiger partial charge on any atom is 0.119 e. The van der Waals surface area contributed by atoms with Crippen LogP contribution in [-0.2, 0) is 6.42 Å². The third kappa shape index (κ3) is 5.90. The summed E-state index contributed by atoms with van der Waals surface area (Å²) in [6.45, 7) is 5.14. The van der Waals surface area contributed by atoms with Gasteiger partial charge in [0.15, 0.2) is 0 Å². The highest BCUT2D eigenvalue weighted by Gasteiger charge is 2.21. The van der Waals surface area contributed by atoms with Gasteiger partial charge in [0.25, 0.3) is 0 Å². The minimum Gasteiger partial charge on any atom is -0.494 e. The van der Waals surface area contributed by atoms with E-state index >= 15 is 0 Å². The molecule has 27 heavy (non-hydrogen) atoms. The molecule has 1 nitrogen and oxygen atoms in total. The Morgan fingerprint density at radius 2 is 1.56 bits per heavy atom. The average molecular weight is 361 g/mol. The lowest BCUT2D eigenvalue weighted by atomic mass is 9.79. The monoisotopic (exact) mass is 360 g/mol. The Morgan fingerprint density at radius 1 is 0.852 bits per heavy atom. The van der Waals surface area contributed by atoms with Crippen LogP contribution in [0.2, 0.25) is 0 Å². The summed E-state index contributed by atoms with van der Waals surface area (Å²) in [5.74, 6) is 9.07. The molecule has 0 unspecified atom stereocenters. The zero-order valence-electron chi connectivity index (χ0n) is 16.8. The van der Waals surface area contributed by atoms with E-state index in [4.69, 9.17) is 4.74 Å². The van der Waals surface area contributed by atoms with Crippen LogP contribution in [0.5, 0.6) is 5.75 Å². The first-order valence-corrected chi connectivity index (χ1v) is 10.6. The Bertz CT molecular complexity index is 738. The predicted octanol–water partition coefficient (Wildman–Crippen LogP) is 6.75. The van der Waals surface area contributed by atoms with Crippen molar-refractivity contribution in [2.75, 3.05) is 6.61 Å². The van der Waals surface area contributed by atoms with Gasteiger partial charge in [0.05, 0.1) is 6.61 Å². The lowest BCUT2D eigenvalue weighted by molar-refractivity contribution is 0.317. The number of rotatable bonds is 6. The highest BCUT2D eigenvalue weighted by Crippen LogP contribution is 2.35. The van der Waals surface area contributed by atoms with Crippen LogP contribution in [0.3, 0.4) is 0 Å². The summed E-state index contributed by atoms with van der Waals surface area (Å²) in [5, 5.41) is 0. The molecule has 0 amide bonds. The minimum absolute atomic E-state index is 0.539. The Morgan fingerprint density at radius 3 is 2.19 bits per heavy atom. The minimum atomic E-state index is 0.539. The molecule has 1 saturated carbocycles. The predicted molar refractivity (Wildman–Crippen MR) is 114 cm³/mol. The number of benzene rings is 2. The Kier molecular flexibility index (Phi) is 7.40. The lowest BCUT2D eigenvalue weighted by Crippen LogP contribution is -2.12. The standard InChI is InChI=1S/C26H32O/c1-3-5-21-8-14-24(15-9-21)25-16-10-22(11-17-25)6-7-23-12-18-26(19-13-23)27-20-4-2/h8-9,12-15,18-19,22,25H,3-5,10-11,16-17,20H2,1-2H3. The second-order valence-electron chi connectivity index (χ2n) is 7.68. The van der Waals surface area contributed by atoms with Crippen molar-refractivity contribution in [1.29, 1.82) is 0 Å². The van der Waals surface area contributed by atoms with Crippen LogP contribution in [0.4, 0.5) is 0 Å². The summed E-state index contributed by atoms with van der Waals surface area (Å²) in [4.78, 5) is 0. The quantitative estimate of drug-likeness (QED) is 0.517. The summed E-state index contributed by atoms with van der Waals surface area (Å²) in [5.41, 5.74) is 4.07. The van der Waals surface area contributed by atoms with Crippen molar-refractivity contribution in [2.45, 2.75) is 64.7 Å². The number of hydrogen-bond acceptors (Lipinski definition) is 1. The summed E-state index contributed by atoms with van der Waals surface area (Å²) in [6.07, 6.45) is 8.39. The first-order valence-electron chi connectivity index (χ1n) is 10.6. The van der Waals surface area contributed by atoms with E-state index in [0.29, 0.717) is 11.8 Å². The number of hydrogen-bond donors (Lipinski definition) is 0. The van der Waals surface area contributed by atoms with E-state index in [0.717, 1.165) is 24.3 Å². The molecular formula is C26H32O. The molecule has 1 aliphatic carbocycles. The van der Waals surface area contributed by atoms with Crippen LogP contribution in [0.15, 0.2) is 48.5 Å². The molecule has 142 valence electrons. The normalized spacial score (nSPS) is 19.2. The van der Waals surface area contributed by atoms with Crippen molar-refractivity contribution in [1.82, 2.24) is 0 Å². The van der Waals surface area contributed by atoms with Gasteiger partial charge in [-0.3, -0.25) is 0 Å². The highest BCUT2D eigenvalue weighted by molar-refractivity contribution is 5.38. The van der Waals surface area contributed by atoms with Crippen molar-refractivity contribution in [3.8, 4) is 17.6 Å². The van der Waals surface area contributed by atoms with E-state index in [-0.39, 0.29) is 0 Å². The van der Waals surface area contributed by atoms with E-state index in [1.54, 1.807) is 0 Å². The smallest absolute Gasteiger partial charge is 0.119 e. The SMILES string of the molecule is CCCOc1ccc(C#CC2CCC(c3ccc(CCC)cc3)CC2)cc1. The van der Waals surface area contributed by atoms with Gasteiger partial charge in [0, 0.05) is 11.5 Å². The molecule has 0 spiro atoms. The number of ether oxygens (including phenoxy) is 1. The van der Waals surface area contributed by atoms with Crippen molar-refractivity contribution in [3.63, 3.8) is 0 Å². The molecule has 0 radical (unpaired) electrons. The largest absolute Gasteiger partial charge is 0.494 e. The summed E-state index contributed by atoms with van der Waals surface area (Å²) >= 11 is 0. The fraction of sp³-hybridized carbons (Fsp3) is 0.462. The molecule has 0 saturated heterocycles. The van der Waals surface area contributed by atoms with Crippen LogP contribution in [0.1, 0.15) is 75.0 Å². The fourth-order valence-electron chi connectivity index (χ4n) is 3.86. The van der Waals surface area contributed by atoms with Gasteiger partial charge in [-0.05, 0) is 79.8 Å². The first kappa shape index (κ1) is 19.6. The molecule has 2 aromatic carbocycles. The summed E-state index contributed by atoms with van der Waals surface area (Å²) in [7, 11) is 0. The van der Waals surface area contributed by atoms with Gasteiger partial charge in [-0.15, -0.1) is 0 Å². The fourth-order valence-corrected chi connectivity index (χ4v) is 3.86. The van der Waals surface area contributed by atoms with E-state index in [1.165, 1.54) is 49.7 Å². The zero-order valence-corrected chi connectivity index (χ0v) is 16.8. The van der Waals surface area contributed by atoms with Gasteiger partial charge in [0.2, 0.25) is 0 Å². The van der Waals surface area contributed by atoms with Crippen molar-refractivity contribution >= 4 is 0 Å². The molecular weight excluding hydrogens is 328 g/mol. The maximum atomic E-state index is 5.63. The lowest BCUT2D eigenvalue weighted by Gasteiger charge is -2.26. The third-order valence-electron chi connectivity index (χ3n) is 5.46. The van der Waals surface area contributed by atoms with Crippen LogP contribution in [0.25, 0.3) is 0 Å². The Hall–Kier alpha value is -2.20. The van der Waals surface area contributed by atoms with Crippen molar-refractivity contribution in [2.24, 2.45) is 5.92 Å². The van der Waals surface area contributed by atoms with Crippen LogP contribution < -0.4 is 4.74 Å². The zero-order chi connectivity index (χ0) is 18.9. The average Bonchev–Trinajstić information content (AvgIpc) is 2.73. The van der Waals surface area contributed by atoms with Gasteiger partial charge in [0.1, 0.15) is 5.75 Å². The summed E-state index contributed by atoms with van der Waals surface area (Å²) in [6, 6.07) is 17.5. The van der Waals surface area contributed by atoms with Crippen LogP contribution in [0, 0.1) is 17.8 Å². The number of aryl methyl sites for hydroxylation is 1. The molecule has 0 aromatic heterocycles. The maximum absolute atomic E-state index is 5.63. The summed E-state index contributed by atoms with van der Waals surface area (Å²) < 4.78 is 5.63. The van der Waals surface area contributed by atoms with E-state index in [1.807, 2.05) is 12.1 Å². The Labute approximate surface area is 165 Å². The van der Waals surface area contributed by atoms with Gasteiger partial charge < -0.3 is 4.74 Å². The Balaban J connectivity index is 1.50. The van der Waals surface area contributed by atoms with E-state index in [2.05, 4.69) is 62.1 Å². The molecule has 0 heterocycles. The van der Waals surface area contributed by atoms with Crippen molar-refractivity contribution < 1.29 is 4.74 Å². The molecule has 1 aliphatic rings. The van der Waals surface area contributed by atoms with Gasteiger partial charge in [-0.25, -0.2) is 0 Å². The topological polar surface area (TPSA) is 9.23 Å².